The largest absolute Gasteiger partial charge is 0.383 e. The van der Waals surface area contributed by atoms with E-state index in [1.54, 1.807) is 18.2 Å². The second-order valence-corrected chi connectivity index (χ2v) is 7.49. The Morgan fingerprint density at radius 3 is 2.83 bits per heavy atom. The molecule has 4 rings (SSSR count). The lowest BCUT2D eigenvalue weighted by molar-refractivity contribution is 0.0955. The molecule has 0 saturated carbocycles. The molecule has 0 spiro atoms. The molecule has 0 aliphatic heterocycles. The highest BCUT2D eigenvalue weighted by Crippen LogP contribution is 2.30. The fraction of sp³-hybridized carbons (Fsp3) is 0.143. The first-order valence-electron chi connectivity index (χ1n) is 9.09. The number of rotatable bonds is 5. The van der Waals surface area contributed by atoms with Crippen molar-refractivity contribution >= 4 is 45.8 Å². The van der Waals surface area contributed by atoms with Gasteiger partial charge in [-0.3, -0.25) is 4.79 Å². The Morgan fingerprint density at radius 1 is 1.21 bits per heavy atom. The minimum Gasteiger partial charge on any atom is -0.383 e. The van der Waals surface area contributed by atoms with E-state index in [1.165, 1.54) is 21.8 Å². The molecule has 4 N–H and O–H groups in total. The van der Waals surface area contributed by atoms with Gasteiger partial charge in [0.25, 0.3) is 5.91 Å². The van der Waals surface area contributed by atoms with Crippen molar-refractivity contribution in [3.8, 4) is 5.69 Å². The number of nitrogens with one attached hydrogen (secondary N) is 2. The first-order valence-corrected chi connectivity index (χ1v) is 9.85. The van der Waals surface area contributed by atoms with Crippen LogP contribution in [-0.2, 0) is 6.42 Å². The van der Waals surface area contributed by atoms with Crippen molar-refractivity contribution in [1.29, 1.82) is 0 Å². The number of hydrogen-bond acceptors (Lipinski definition) is 3. The van der Waals surface area contributed by atoms with E-state index in [0.717, 1.165) is 11.2 Å². The van der Waals surface area contributed by atoms with Gasteiger partial charge in [-0.15, -0.1) is 0 Å². The molecule has 6 nitrogen and oxygen atoms in total. The molecule has 29 heavy (non-hydrogen) atoms. The maximum Gasteiger partial charge on any atom is 0.256 e. The molecule has 0 aliphatic carbocycles. The Morgan fingerprint density at radius 2 is 2.00 bits per heavy atom. The molecule has 148 valence electrons. The number of nitrogen functional groups attached to an aromatic ring is 1. The van der Waals surface area contributed by atoms with Gasteiger partial charge in [0.2, 0.25) is 0 Å². The molecule has 2 aromatic heterocycles. The third kappa shape index (κ3) is 3.57. The summed E-state index contributed by atoms with van der Waals surface area (Å²) in [6.07, 6.45) is 2.13. The van der Waals surface area contributed by atoms with Crippen molar-refractivity contribution < 1.29 is 4.79 Å². The Kier molecular flexibility index (Phi) is 5.22. The molecule has 0 unspecified atom stereocenters. The number of aromatic nitrogens is 3. The van der Waals surface area contributed by atoms with Gasteiger partial charge in [0.05, 0.1) is 21.9 Å². The van der Waals surface area contributed by atoms with Crippen LogP contribution >= 0.6 is 23.2 Å². The van der Waals surface area contributed by atoms with Crippen molar-refractivity contribution in [2.24, 2.45) is 0 Å². The molecule has 2 aromatic carbocycles. The minimum absolute atomic E-state index is 0.204. The zero-order valence-electron chi connectivity index (χ0n) is 15.7. The Hall–Kier alpha value is -2.96. The maximum atomic E-state index is 12.6. The monoisotopic (exact) mass is 427 g/mol. The summed E-state index contributed by atoms with van der Waals surface area (Å²) >= 11 is 12.3. The molecular formula is C21H19Cl2N5O. The van der Waals surface area contributed by atoms with E-state index in [4.69, 9.17) is 28.9 Å². The summed E-state index contributed by atoms with van der Waals surface area (Å²) in [5.74, 6) is -0.0839. The highest BCUT2D eigenvalue weighted by Gasteiger charge is 2.18. The summed E-state index contributed by atoms with van der Waals surface area (Å²) in [7, 11) is 0. The zero-order valence-corrected chi connectivity index (χ0v) is 17.2. The van der Waals surface area contributed by atoms with Crippen LogP contribution in [0.2, 0.25) is 10.0 Å². The standard InChI is InChI=1S/C21H19Cl2N5O/c1-12-13(14-5-2-3-7-17(14)27-12)9-10-25-21(29)15-11-26-28(20(15)24)18-8-4-6-16(22)19(18)23/h2-8,11,27H,9-10,24H2,1H3,(H,25,29). The quantitative estimate of drug-likeness (QED) is 0.437. The summed E-state index contributed by atoms with van der Waals surface area (Å²) in [6.45, 7) is 2.51. The molecule has 0 radical (unpaired) electrons. The van der Waals surface area contributed by atoms with Crippen LogP contribution in [0.4, 0.5) is 5.82 Å². The number of nitrogens with two attached hydrogens (primary N) is 1. The van der Waals surface area contributed by atoms with Crippen LogP contribution in [0.3, 0.4) is 0 Å². The number of aryl methyl sites for hydroxylation is 1. The third-order valence-electron chi connectivity index (χ3n) is 4.90. The van der Waals surface area contributed by atoms with Crippen LogP contribution in [0.5, 0.6) is 0 Å². The van der Waals surface area contributed by atoms with E-state index in [0.29, 0.717) is 28.7 Å². The maximum absolute atomic E-state index is 12.6. The van der Waals surface area contributed by atoms with Crippen LogP contribution in [0.25, 0.3) is 16.6 Å². The second kappa shape index (κ2) is 7.81. The number of fused-ring (bicyclic) bond motifs is 1. The number of anilines is 1. The number of nitrogens with zero attached hydrogens (tertiary/aromatic N) is 2. The van der Waals surface area contributed by atoms with Crippen molar-refractivity contribution in [3.63, 3.8) is 0 Å². The lowest BCUT2D eigenvalue weighted by Crippen LogP contribution is -2.26. The predicted molar refractivity (Wildman–Crippen MR) is 117 cm³/mol. The van der Waals surface area contributed by atoms with Gasteiger partial charge in [-0.1, -0.05) is 47.5 Å². The van der Waals surface area contributed by atoms with Crippen LogP contribution in [0.1, 0.15) is 21.6 Å². The molecule has 0 aliphatic rings. The molecule has 2 heterocycles. The van der Waals surface area contributed by atoms with Crippen LogP contribution in [-0.4, -0.2) is 27.2 Å². The summed E-state index contributed by atoms with van der Waals surface area (Å²) < 4.78 is 1.41. The zero-order chi connectivity index (χ0) is 20.5. The number of hydrogen-bond donors (Lipinski definition) is 3. The summed E-state index contributed by atoms with van der Waals surface area (Å²) in [4.78, 5) is 16.0. The van der Waals surface area contributed by atoms with E-state index in [1.807, 2.05) is 25.1 Å². The molecule has 4 aromatic rings. The van der Waals surface area contributed by atoms with Crippen LogP contribution < -0.4 is 11.1 Å². The molecular weight excluding hydrogens is 409 g/mol. The fourth-order valence-electron chi connectivity index (χ4n) is 3.43. The fourth-order valence-corrected chi connectivity index (χ4v) is 3.81. The van der Waals surface area contributed by atoms with E-state index in [-0.39, 0.29) is 17.3 Å². The predicted octanol–water partition coefficient (Wildman–Crippen LogP) is 4.52. The number of H-pyrrole nitrogens is 1. The second-order valence-electron chi connectivity index (χ2n) is 6.71. The minimum atomic E-state index is -0.288. The lowest BCUT2D eigenvalue weighted by atomic mass is 10.1. The first-order chi connectivity index (χ1) is 14.0. The number of carbonyl (C=O) groups is 1. The Labute approximate surface area is 177 Å². The Balaban J connectivity index is 1.49. The Bertz CT molecular complexity index is 1210. The number of benzene rings is 2. The van der Waals surface area contributed by atoms with Crippen molar-refractivity contribution in [1.82, 2.24) is 20.1 Å². The molecule has 1 amide bonds. The van der Waals surface area contributed by atoms with Gasteiger partial charge in [-0.2, -0.15) is 5.10 Å². The van der Waals surface area contributed by atoms with Crippen molar-refractivity contribution in [3.05, 3.63) is 75.5 Å². The molecule has 0 saturated heterocycles. The number of carbonyl (C=O) groups excluding carboxylic acids is 1. The summed E-state index contributed by atoms with van der Waals surface area (Å²) in [6, 6.07) is 13.3. The van der Waals surface area contributed by atoms with Gasteiger partial charge in [0.1, 0.15) is 11.4 Å². The van der Waals surface area contributed by atoms with Gasteiger partial charge in [-0.05, 0) is 37.1 Å². The first kappa shape index (κ1) is 19.4. The number of amides is 1. The highest BCUT2D eigenvalue weighted by atomic mass is 35.5. The summed E-state index contributed by atoms with van der Waals surface area (Å²) in [5.41, 5.74) is 10.3. The van der Waals surface area contributed by atoms with Gasteiger partial charge >= 0.3 is 0 Å². The topological polar surface area (TPSA) is 88.7 Å². The van der Waals surface area contributed by atoms with Gasteiger partial charge in [0, 0.05) is 23.1 Å². The molecule has 0 fully saturated rings. The van der Waals surface area contributed by atoms with Gasteiger partial charge in [-0.25, -0.2) is 4.68 Å². The normalized spacial score (nSPS) is 11.1. The number of halogens is 2. The van der Waals surface area contributed by atoms with E-state index in [2.05, 4.69) is 21.5 Å². The molecule has 8 heteroatoms. The van der Waals surface area contributed by atoms with E-state index < -0.39 is 0 Å². The number of para-hydroxylation sites is 1. The smallest absolute Gasteiger partial charge is 0.256 e. The average Bonchev–Trinajstić information content (AvgIpc) is 3.24. The summed E-state index contributed by atoms with van der Waals surface area (Å²) in [5, 5.41) is 9.00. The number of aromatic amines is 1. The van der Waals surface area contributed by atoms with Crippen LogP contribution in [0.15, 0.2) is 48.7 Å². The molecule has 0 bridgehead atoms. The van der Waals surface area contributed by atoms with E-state index in [9.17, 15) is 4.79 Å². The SMILES string of the molecule is Cc1[nH]c2ccccc2c1CCNC(=O)c1cnn(-c2cccc(Cl)c2Cl)c1N. The third-order valence-corrected chi connectivity index (χ3v) is 5.71. The van der Waals surface area contributed by atoms with Gasteiger partial charge in [0.15, 0.2) is 0 Å². The van der Waals surface area contributed by atoms with Crippen molar-refractivity contribution in [2.45, 2.75) is 13.3 Å². The van der Waals surface area contributed by atoms with Crippen molar-refractivity contribution in [2.75, 3.05) is 12.3 Å². The van der Waals surface area contributed by atoms with Gasteiger partial charge < -0.3 is 16.0 Å². The molecule has 0 atom stereocenters. The lowest BCUT2D eigenvalue weighted by Gasteiger charge is -2.09. The highest BCUT2D eigenvalue weighted by molar-refractivity contribution is 6.43. The van der Waals surface area contributed by atoms with E-state index >= 15 is 0 Å². The average molecular weight is 428 g/mol. The van der Waals surface area contributed by atoms with Crippen LogP contribution in [0, 0.1) is 6.92 Å².